The Morgan fingerprint density at radius 3 is 2.60 bits per heavy atom. The first kappa shape index (κ1) is 15.5. The summed E-state index contributed by atoms with van der Waals surface area (Å²) >= 11 is 0. The molecule has 0 unspecified atom stereocenters. The van der Waals surface area contributed by atoms with E-state index in [9.17, 15) is 8.42 Å². The molecule has 1 aliphatic carbocycles. The summed E-state index contributed by atoms with van der Waals surface area (Å²) < 4.78 is 26.9. The molecule has 0 aromatic heterocycles. The normalized spacial score (nSPS) is 16.4. The van der Waals surface area contributed by atoms with Crippen molar-refractivity contribution in [3.05, 3.63) is 29.3 Å². The summed E-state index contributed by atoms with van der Waals surface area (Å²) in [5, 5.41) is 3.05. The van der Waals surface area contributed by atoms with Crippen LogP contribution in [0.1, 0.15) is 30.4 Å². The van der Waals surface area contributed by atoms with Crippen LogP contribution in [0.2, 0.25) is 0 Å². The Kier molecular flexibility index (Phi) is 4.83. The number of hydrogen-bond donors (Lipinski definition) is 1. The second-order valence-corrected chi connectivity index (χ2v) is 7.73. The number of benzene rings is 1. The maximum atomic E-state index is 12.7. The van der Waals surface area contributed by atoms with E-state index in [4.69, 9.17) is 0 Å². The molecule has 20 heavy (non-hydrogen) atoms. The third-order valence-electron chi connectivity index (χ3n) is 4.06. The number of nitrogens with one attached hydrogen (secondary N) is 1. The summed E-state index contributed by atoms with van der Waals surface area (Å²) in [7, 11) is 0.174. The van der Waals surface area contributed by atoms with Gasteiger partial charge < -0.3 is 5.32 Å². The van der Waals surface area contributed by atoms with Crippen LogP contribution >= 0.6 is 0 Å². The Hall–Kier alpha value is -0.910. The largest absolute Gasteiger partial charge is 0.316 e. The van der Waals surface area contributed by atoms with Crippen LogP contribution in [-0.4, -0.2) is 33.4 Å². The number of aryl methyl sites for hydroxylation is 1. The van der Waals surface area contributed by atoms with Gasteiger partial charge in [-0.15, -0.1) is 0 Å². The molecule has 1 saturated carbocycles. The van der Waals surface area contributed by atoms with Crippen molar-refractivity contribution in [2.45, 2.75) is 37.6 Å². The number of rotatable bonds is 6. The van der Waals surface area contributed by atoms with Gasteiger partial charge in [-0.05, 0) is 49.9 Å². The van der Waals surface area contributed by atoms with Crippen LogP contribution in [-0.2, 0) is 16.6 Å². The molecule has 1 aromatic carbocycles. The van der Waals surface area contributed by atoms with Crippen LogP contribution in [0.4, 0.5) is 0 Å². The fraction of sp³-hybridized carbons (Fsp3) is 0.600. The lowest BCUT2D eigenvalue weighted by atomic mass is 9.86. The molecule has 0 spiro atoms. The highest BCUT2D eigenvalue weighted by Crippen LogP contribution is 2.29. The standard InChI is InChI=1S/C15H24N2O2S/c1-12-7-8-14(10-16-2)9-15(12)20(18,19)17(3)11-13-5-4-6-13/h7-9,13,16H,4-6,10-11H2,1-3H3. The maximum Gasteiger partial charge on any atom is 0.243 e. The van der Waals surface area contributed by atoms with Crippen molar-refractivity contribution in [2.75, 3.05) is 20.6 Å². The zero-order valence-corrected chi connectivity index (χ0v) is 13.3. The second kappa shape index (κ2) is 6.24. The molecular formula is C15H24N2O2S. The van der Waals surface area contributed by atoms with Crippen LogP contribution < -0.4 is 5.32 Å². The Balaban J connectivity index is 2.24. The minimum absolute atomic E-state index is 0.437. The van der Waals surface area contributed by atoms with Gasteiger partial charge in [0.1, 0.15) is 0 Å². The molecule has 0 heterocycles. The van der Waals surface area contributed by atoms with Crippen molar-refractivity contribution >= 4 is 10.0 Å². The number of sulfonamides is 1. The molecule has 1 N–H and O–H groups in total. The Morgan fingerprint density at radius 1 is 1.35 bits per heavy atom. The molecule has 1 aromatic rings. The Bertz CT molecular complexity index is 565. The zero-order valence-electron chi connectivity index (χ0n) is 12.5. The molecule has 1 aliphatic rings. The van der Waals surface area contributed by atoms with Gasteiger partial charge >= 0.3 is 0 Å². The lowest BCUT2D eigenvalue weighted by Gasteiger charge is -2.30. The smallest absolute Gasteiger partial charge is 0.243 e. The average Bonchev–Trinajstić information content (AvgIpc) is 2.36. The van der Waals surface area contributed by atoms with Crippen LogP contribution in [0, 0.1) is 12.8 Å². The van der Waals surface area contributed by atoms with Gasteiger partial charge in [-0.1, -0.05) is 18.6 Å². The highest BCUT2D eigenvalue weighted by molar-refractivity contribution is 7.89. The molecule has 0 aliphatic heterocycles. The van der Waals surface area contributed by atoms with Gasteiger partial charge in [-0.25, -0.2) is 12.7 Å². The summed E-state index contributed by atoms with van der Waals surface area (Å²) in [6.45, 7) is 3.17. The van der Waals surface area contributed by atoms with Gasteiger partial charge in [0.05, 0.1) is 4.90 Å². The van der Waals surface area contributed by atoms with Gasteiger partial charge in [-0.2, -0.15) is 0 Å². The highest BCUT2D eigenvalue weighted by atomic mass is 32.2. The maximum absolute atomic E-state index is 12.7. The summed E-state index contributed by atoms with van der Waals surface area (Å²) in [5.41, 5.74) is 1.80. The topological polar surface area (TPSA) is 49.4 Å². The highest BCUT2D eigenvalue weighted by Gasteiger charge is 2.27. The van der Waals surface area contributed by atoms with E-state index in [0.29, 0.717) is 23.9 Å². The van der Waals surface area contributed by atoms with Crippen molar-refractivity contribution in [1.29, 1.82) is 0 Å². The molecule has 0 amide bonds. The number of hydrogen-bond acceptors (Lipinski definition) is 3. The van der Waals surface area contributed by atoms with Crippen molar-refractivity contribution in [2.24, 2.45) is 5.92 Å². The van der Waals surface area contributed by atoms with E-state index in [-0.39, 0.29) is 0 Å². The lowest BCUT2D eigenvalue weighted by molar-refractivity contribution is 0.263. The Morgan fingerprint density at radius 2 is 2.05 bits per heavy atom. The molecule has 1 fully saturated rings. The van der Waals surface area contributed by atoms with Gasteiger partial charge in [0.15, 0.2) is 0 Å². The Labute approximate surface area is 122 Å². The summed E-state index contributed by atoms with van der Waals surface area (Å²) in [5.74, 6) is 0.538. The predicted molar refractivity (Wildman–Crippen MR) is 81.1 cm³/mol. The quantitative estimate of drug-likeness (QED) is 0.875. The van der Waals surface area contributed by atoms with Gasteiger partial charge in [0.25, 0.3) is 0 Å². The number of nitrogens with zero attached hydrogens (tertiary/aromatic N) is 1. The summed E-state index contributed by atoms with van der Waals surface area (Å²) in [6.07, 6.45) is 3.53. The average molecular weight is 296 g/mol. The van der Waals surface area contributed by atoms with Crippen molar-refractivity contribution < 1.29 is 8.42 Å². The van der Waals surface area contributed by atoms with Gasteiger partial charge in [-0.3, -0.25) is 0 Å². The first-order valence-corrected chi connectivity index (χ1v) is 8.59. The van der Waals surface area contributed by atoms with E-state index < -0.39 is 10.0 Å². The van der Waals surface area contributed by atoms with Gasteiger partial charge in [0.2, 0.25) is 10.0 Å². The molecule has 112 valence electrons. The van der Waals surface area contributed by atoms with Crippen LogP contribution in [0.15, 0.2) is 23.1 Å². The monoisotopic (exact) mass is 296 g/mol. The van der Waals surface area contributed by atoms with Crippen molar-refractivity contribution in [1.82, 2.24) is 9.62 Å². The van der Waals surface area contributed by atoms with Crippen LogP contribution in [0.5, 0.6) is 0 Å². The molecule has 2 rings (SSSR count). The van der Waals surface area contributed by atoms with E-state index in [1.807, 2.05) is 26.1 Å². The lowest BCUT2D eigenvalue weighted by Crippen LogP contribution is -2.34. The molecule has 0 radical (unpaired) electrons. The molecule has 0 bridgehead atoms. The van der Waals surface area contributed by atoms with E-state index in [0.717, 1.165) is 24.0 Å². The molecule has 0 atom stereocenters. The van der Waals surface area contributed by atoms with Gasteiger partial charge in [0, 0.05) is 20.1 Å². The first-order chi connectivity index (χ1) is 9.45. The zero-order chi connectivity index (χ0) is 14.8. The minimum Gasteiger partial charge on any atom is -0.316 e. The molecule has 5 heteroatoms. The van der Waals surface area contributed by atoms with Crippen molar-refractivity contribution in [3.8, 4) is 0 Å². The van der Waals surface area contributed by atoms with E-state index in [1.54, 1.807) is 13.1 Å². The summed E-state index contributed by atoms with van der Waals surface area (Å²) in [6, 6.07) is 5.64. The molecule has 0 saturated heterocycles. The fourth-order valence-corrected chi connectivity index (χ4v) is 4.06. The molecule has 4 nitrogen and oxygen atoms in total. The predicted octanol–water partition coefficient (Wildman–Crippen LogP) is 2.14. The SMILES string of the molecule is CNCc1ccc(C)c(S(=O)(=O)N(C)CC2CCC2)c1. The minimum atomic E-state index is -3.38. The second-order valence-electron chi connectivity index (χ2n) is 5.71. The third kappa shape index (κ3) is 3.22. The fourth-order valence-electron chi connectivity index (χ4n) is 2.54. The van der Waals surface area contributed by atoms with Crippen LogP contribution in [0.3, 0.4) is 0 Å². The third-order valence-corrected chi connectivity index (χ3v) is 6.03. The van der Waals surface area contributed by atoms with Crippen LogP contribution in [0.25, 0.3) is 0 Å². The first-order valence-electron chi connectivity index (χ1n) is 7.15. The van der Waals surface area contributed by atoms with E-state index >= 15 is 0 Å². The van der Waals surface area contributed by atoms with E-state index in [1.165, 1.54) is 10.7 Å². The summed E-state index contributed by atoms with van der Waals surface area (Å²) in [4.78, 5) is 0.437. The molecular weight excluding hydrogens is 272 g/mol. The van der Waals surface area contributed by atoms with Crippen molar-refractivity contribution in [3.63, 3.8) is 0 Å². The van der Waals surface area contributed by atoms with E-state index in [2.05, 4.69) is 5.32 Å².